The molecule has 0 aromatic heterocycles. The van der Waals surface area contributed by atoms with E-state index < -0.39 is 5.82 Å². The van der Waals surface area contributed by atoms with Crippen molar-refractivity contribution in [3.8, 4) is 11.5 Å². The summed E-state index contributed by atoms with van der Waals surface area (Å²) in [6.07, 6.45) is 1.03. The number of benzene rings is 2. The molecule has 0 amide bonds. The fourth-order valence-electron chi connectivity index (χ4n) is 1.85. The lowest BCUT2D eigenvalue weighted by molar-refractivity contribution is 0.436. The molecule has 0 bridgehead atoms. The Morgan fingerprint density at radius 3 is 2.71 bits per heavy atom. The van der Waals surface area contributed by atoms with Gasteiger partial charge in [0.25, 0.3) is 0 Å². The summed E-state index contributed by atoms with van der Waals surface area (Å²) < 4.78 is 19.6. The molecule has 2 aromatic carbocycles. The van der Waals surface area contributed by atoms with Gasteiger partial charge in [-0.25, -0.2) is 4.39 Å². The van der Waals surface area contributed by atoms with Gasteiger partial charge in [0.15, 0.2) is 11.6 Å². The molecule has 0 spiro atoms. The summed E-state index contributed by atoms with van der Waals surface area (Å²) >= 11 is 11.8. The summed E-state index contributed by atoms with van der Waals surface area (Å²) in [4.78, 5) is 0. The first kappa shape index (κ1) is 16.1. The zero-order chi connectivity index (χ0) is 15.2. The molecule has 0 aliphatic rings. The minimum Gasteiger partial charge on any atom is -0.454 e. The van der Waals surface area contributed by atoms with Crippen LogP contribution >= 0.6 is 23.2 Å². The molecular formula is C16H16Cl2FNO. The van der Waals surface area contributed by atoms with Crippen molar-refractivity contribution in [2.75, 3.05) is 6.54 Å². The quantitative estimate of drug-likeness (QED) is 0.715. The predicted molar refractivity (Wildman–Crippen MR) is 84.9 cm³/mol. The highest BCUT2D eigenvalue weighted by atomic mass is 35.5. The van der Waals surface area contributed by atoms with E-state index in [9.17, 15) is 4.39 Å². The van der Waals surface area contributed by atoms with E-state index in [1.165, 1.54) is 12.1 Å². The molecule has 1 N–H and O–H groups in total. The van der Waals surface area contributed by atoms with Crippen molar-refractivity contribution >= 4 is 23.2 Å². The number of hydrogen-bond donors (Lipinski definition) is 1. The van der Waals surface area contributed by atoms with Gasteiger partial charge in [0.1, 0.15) is 5.75 Å². The molecule has 5 heteroatoms. The third-order valence-corrected chi connectivity index (χ3v) is 3.43. The van der Waals surface area contributed by atoms with Gasteiger partial charge in [0.2, 0.25) is 0 Å². The second-order valence-corrected chi connectivity index (χ2v) is 5.43. The zero-order valence-electron chi connectivity index (χ0n) is 11.6. The monoisotopic (exact) mass is 327 g/mol. The second kappa shape index (κ2) is 7.64. The van der Waals surface area contributed by atoms with Gasteiger partial charge in [-0.3, -0.25) is 0 Å². The van der Waals surface area contributed by atoms with Crippen LogP contribution in [0.25, 0.3) is 0 Å². The fourth-order valence-corrected chi connectivity index (χ4v) is 2.18. The Bertz CT molecular complexity index is 619. The molecule has 2 aromatic rings. The molecule has 0 fully saturated rings. The molecule has 2 rings (SSSR count). The van der Waals surface area contributed by atoms with Gasteiger partial charge < -0.3 is 10.1 Å². The maximum Gasteiger partial charge on any atom is 0.184 e. The van der Waals surface area contributed by atoms with Gasteiger partial charge in [-0.2, -0.15) is 0 Å². The van der Waals surface area contributed by atoms with Crippen molar-refractivity contribution in [3.05, 3.63) is 57.8 Å². The molecule has 0 saturated carbocycles. The Kier molecular flexibility index (Phi) is 5.85. The summed E-state index contributed by atoms with van der Waals surface area (Å²) in [5.41, 5.74) is 0.909. The number of rotatable bonds is 6. The number of ether oxygens (including phenoxy) is 1. The van der Waals surface area contributed by atoms with E-state index in [1.54, 1.807) is 18.2 Å². The van der Waals surface area contributed by atoms with Gasteiger partial charge >= 0.3 is 0 Å². The normalized spacial score (nSPS) is 10.7. The number of halogens is 3. The predicted octanol–water partition coefficient (Wildman–Crippen LogP) is 5.42. The molecule has 112 valence electrons. The summed E-state index contributed by atoms with van der Waals surface area (Å²) in [6, 6.07) is 9.97. The van der Waals surface area contributed by atoms with Crippen molar-refractivity contribution in [2.24, 2.45) is 0 Å². The van der Waals surface area contributed by atoms with E-state index in [4.69, 9.17) is 27.9 Å². The lowest BCUT2D eigenvalue weighted by Crippen LogP contribution is -2.14. The molecule has 0 aliphatic carbocycles. The molecule has 0 saturated heterocycles. The number of hydrogen-bond acceptors (Lipinski definition) is 2. The smallest absolute Gasteiger partial charge is 0.184 e. The van der Waals surface area contributed by atoms with Crippen LogP contribution in [0.2, 0.25) is 10.0 Å². The standard InChI is InChI=1S/C16H16Cl2FNO/c1-2-8-20-10-11-6-7-12(17)9-15(11)21-14-5-3-4-13(18)16(14)19/h3-7,9,20H,2,8,10H2,1H3. The van der Waals surface area contributed by atoms with Crippen molar-refractivity contribution in [1.29, 1.82) is 0 Å². The first-order valence-electron chi connectivity index (χ1n) is 6.73. The van der Waals surface area contributed by atoms with Crippen LogP contribution < -0.4 is 10.1 Å². The average Bonchev–Trinajstić information content (AvgIpc) is 2.46. The minimum absolute atomic E-state index is 0.0280. The van der Waals surface area contributed by atoms with Gasteiger partial charge in [-0.15, -0.1) is 0 Å². The molecule has 0 heterocycles. The van der Waals surface area contributed by atoms with Crippen molar-refractivity contribution < 1.29 is 9.13 Å². The van der Waals surface area contributed by atoms with Crippen molar-refractivity contribution in [3.63, 3.8) is 0 Å². The molecule has 0 unspecified atom stereocenters. The van der Waals surface area contributed by atoms with E-state index in [0.717, 1.165) is 18.5 Å². The van der Waals surface area contributed by atoms with Gasteiger partial charge in [-0.1, -0.05) is 42.3 Å². The number of nitrogens with one attached hydrogen (secondary N) is 1. The Balaban J connectivity index is 2.25. The summed E-state index contributed by atoms with van der Waals surface area (Å²) in [5, 5.41) is 3.84. The second-order valence-electron chi connectivity index (χ2n) is 4.58. The van der Waals surface area contributed by atoms with Gasteiger partial charge in [0.05, 0.1) is 5.02 Å². The first-order valence-corrected chi connectivity index (χ1v) is 7.48. The van der Waals surface area contributed by atoms with Crippen molar-refractivity contribution in [1.82, 2.24) is 5.32 Å². The molecule has 2 nitrogen and oxygen atoms in total. The molecule has 21 heavy (non-hydrogen) atoms. The lowest BCUT2D eigenvalue weighted by Gasteiger charge is -2.13. The third-order valence-electron chi connectivity index (χ3n) is 2.91. The van der Waals surface area contributed by atoms with E-state index in [-0.39, 0.29) is 10.8 Å². The largest absolute Gasteiger partial charge is 0.454 e. The average molecular weight is 328 g/mol. The highest BCUT2D eigenvalue weighted by Crippen LogP contribution is 2.32. The topological polar surface area (TPSA) is 21.3 Å². The molecule has 0 atom stereocenters. The highest BCUT2D eigenvalue weighted by molar-refractivity contribution is 6.31. The fraction of sp³-hybridized carbons (Fsp3) is 0.250. The summed E-state index contributed by atoms with van der Waals surface area (Å²) in [6.45, 7) is 3.61. The van der Waals surface area contributed by atoms with Crippen LogP contribution in [0.5, 0.6) is 11.5 Å². The zero-order valence-corrected chi connectivity index (χ0v) is 13.1. The van der Waals surface area contributed by atoms with Crippen LogP contribution in [0.1, 0.15) is 18.9 Å². The van der Waals surface area contributed by atoms with Crippen LogP contribution in [0.3, 0.4) is 0 Å². The van der Waals surface area contributed by atoms with Gasteiger partial charge in [0, 0.05) is 17.1 Å². The van der Waals surface area contributed by atoms with E-state index in [1.807, 2.05) is 6.07 Å². The first-order chi connectivity index (χ1) is 10.1. The van der Waals surface area contributed by atoms with Crippen LogP contribution in [0.15, 0.2) is 36.4 Å². The van der Waals surface area contributed by atoms with E-state index >= 15 is 0 Å². The third kappa shape index (κ3) is 4.34. The highest BCUT2D eigenvalue weighted by Gasteiger charge is 2.11. The molecule has 0 radical (unpaired) electrons. The Labute approximate surface area is 133 Å². The maximum absolute atomic E-state index is 13.9. The van der Waals surface area contributed by atoms with Crippen LogP contribution in [-0.2, 0) is 6.54 Å². The minimum atomic E-state index is -0.577. The Morgan fingerprint density at radius 2 is 1.95 bits per heavy atom. The Morgan fingerprint density at radius 1 is 1.14 bits per heavy atom. The lowest BCUT2D eigenvalue weighted by atomic mass is 10.2. The van der Waals surface area contributed by atoms with Crippen molar-refractivity contribution in [2.45, 2.75) is 19.9 Å². The Hall–Kier alpha value is -1.29. The van der Waals surface area contributed by atoms with Crippen LogP contribution in [-0.4, -0.2) is 6.54 Å². The van der Waals surface area contributed by atoms with Gasteiger partial charge in [-0.05, 0) is 37.2 Å². The SMILES string of the molecule is CCCNCc1ccc(Cl)cc1Oc1cccc(Cl)c1F. The molecular weight excluding hydrogens is 312 g/mol. The van der Waals surface area contributed by atoms with Crippen LogP contribution in [0.4, 0.5) is 4.39 Å². The maximum atomic E-state index is 13.9. The summed E-state index contributed by atoms with van der Waals surface area (Å²) in [5.74, 6) is 0.0281. The van der Waals surface area contributed by atoms with E-state index in [0.29, 0.717) is 17.3 Å². The molecule has 0 aliphatic heterocycles. The summed E-state index contributed by atoms with van der Waals surface area (Å²) in [7, 11) is 0. The van der Waals surface area contributed by atoms with E-state index in [2.05, 4.69) is 12.2 Å². The van der Waals surface area contributed by atoms with Crippen LogP contribution in [0, 0.1) is 5.82 Å².